The maximum Gasteiger partial charge on any atom is 0.262 e. The zero-order chi connectivity index (χ0) is 19.5. The molecule has 1 aromatic heterocycles. The molecule has 5 nitrogen and oxygen atoms in total. The van der Waals surface area contributed by atoms with Crippen molar-refractivity contribution in [2.24, 2.45) is 0 Å². The Kier molecular flexibility index (Phi) is 5.48. The molecule has 0 saturated heterocycles. The highest BCUT2D eigenvalue weighted by Gasteiger charge is 2.23. The number of carbonyl (C=O) groups is 1. The van der Waals surface area contributed by atoms with Crippen LogP contribution in [0.1, 0.15) is 25.3 Å². The van der Waals surface area contributed by atoms with Gasteiger partial charge >= 0.3 is 0 Å². The number of rotatable bonds is 5. The normalized spacial score (nSPS) is 13.5. The van der Waals surface area contributed by atoms with Gasteiger partial charge in [0.15, 0.2) is 5.16 Å². The number of fused-ring (bicyclic) bond motifs is 2. The number of hydrogen-bond acceptors (Lipinski definition) is 4. The maximum absolute atomic E-state index is 12.9. The van der Waals surface area contributed by atoms with Crippen LogP contribution in [0.15, 0.2) is 58.5 Å². The first-order valence-electron chi connectivity index (χ1n) is 9.69. The number of thioether (sulfide) groups is 1. The monoisotopic (exact) mass is 393 g/mol. The average Bonchev–Trinajstić information content (AvgIpc) is 2.74. The Morgan fingerprint density at radius 2 is 1.93 bits per heavy atom. The molecule has 1 aliphatic rings. The standard InChI is InChI=1S/C22H23N3O2S/c1-2-13-25-21(27)17-10-4-5-11-18(17)23-22(25)28-15-20(26)24-14-7-9-16-8-3-6-12-19(16)24/h3-6,8,10-12H,2,7,9,13-15H2,1H3. The number of amides is 1. The molecule has 0 radical (unpaired) electrons. The predicted octanol–water partition coefficient (Wildman–Crippen LogP) is 3.88. The van der Waals surface area contributed by atoms with Crippen molar-refractivity contribution in [1.82, 2.24) is 9.55 Å². The Morgan fingerprint density at radius 1 is 1.14 bits per heavy atom. The van der Waals surface area contributed by atoms with Gasteiger partial charge in [0.1, 0.15) is 0 Å². The summed E-state index contributed by atoms with van der Waals surface area (Å²) >= 11 is 1.35. The molecular formula is C22H23N3O2S. The Hall–Kier alpha value is -2.60. The van der Waals surface area contributed by atoms with Crippen LogP contribution < -0.4 is 10.5 Å². The number of hydrogen-bond donors (Lipinski definition) is 0. The first kappa shape index (κ1) is 18.7. The van der Waals surface area contributed by atoms with Gasteiger partial charge in [-0.05, 0) is 43.0 Å². The number of anilines is 1. The molecule has 0 N–H and O–H groups in total. The van der Waals surface area contributed by atoms with Crippen LogP contribution in [-0.2, 0) is 17.8 Å². The van der Waals surface area contributed by atoms with E-state index in [-0.39, 0.29) is 17.2 Å². The lowest BCUT2D eigenvalue weighted by atomic mass is 10.0. The topological polar surface area (TPSA) is 55.2 Å². The van der Waals surface area contributed by atoms with E-state index in [4.69, 9.17) is 0 Å². The molecule has 0 bridgehead atoms. The molecule has 4 rings (SSSR count). The van der Waals surface area contributed by atoms with Gasteiger partial charge in [-0.3, -0.25) is 14.2 Å². The average molecular weight is 394 g/mol. The predicted molar refractivity (Wildman–Crippen MR) is 114 cm³/mol. The molecular weight excluding hydrogens is 370 g/mol. The van der Waals surface area contributed by atoms with Crippen molar-refractivity contribution in [3.63, 3.8) is 0 Å². The third-order valence-corrected chi connectivity index (χ3v) is 5.97. The quantitative estimate of drug-likeness (QED) is 0.488. The molecule has 1 aliphatic heterocycles. The highest BCUT2D eigenvalue weighted by atomic mass is 32.2. The smallest absolute Gasteiger partial charge is 0.262 e. The molecule has 0 atom stereocenters. The van der Waals surface area contributed by atoms with E-state index in [0.29, 0.717) is 22.6 Å². The highest BCUT2D eigenvalue weighted by Crippen LogP contribution is 2.28. The molecule has 0 unspecified atom stereocenters. The second-order valence-electron chi connectivity index (χ2n) is 6.93. The van der Waals surface area contributed by atoms with Crippen LogP contribution in [-0.4, -0.2) is 27.8 Å². The third kappa shape index (κ3) is 3.56. The van der Waals surface area contributed by atoms with E-state index in [2.05, 4.69) is 11.1 Å². The van der Waals surface area contributed by atoms with Crippen molar-refractivity contribution in [3.8, 4) is 0 Å². The van der Waals surface area contributed by atoms with E-state index in [1.54, 1.807) is 10.6 Å². The minimum Gasteiger partial charge on any atom is -0.311 e. The fourth-order valence-corrected chi connectivity index (χ4v) is 4.58. The van der Waals surface area contributed by atoms with Crippen molar-refractivity contribution >= 4 is 34.3 Å². The van der Waals surface area contributed by atoms with E-state index in [0.717, 1.165) is 31.5 Å². The van der Waals surface area contributed by atoms with E-state index < -0.39 is 0 Å². The van der Waals surface area contributed by atoms with Gasteiger partial charge in [-0.1, -0.05) is 49.0 Å². The molecule has 0 fully saturated rings. The Bertz CT molecular complexity index is 1080. The lowest BCUT2D eigenvalue weighted by Gasteiger charge is -2.29. The summed E-state index contributed by atoms with van der Waals surface area (Å²) < 4.78 is 1.70. The Morgan fingerprint density at radius 3 is 2.79 bits per heavy atom. The summed E-state index contributed by atoms with van der Waals surface area (Å²) in [5.41, 5.74) is 2.87. The molecule has 2 heterocycles. The van der Waals surface area contributed by atoms with Gasteiger partial charge < -0.3 is 4.90 Å². The molecule has 144 valence electrons. The number of benzene rings is 2. The Balaban J connectivity index is 1.60. The van der Waals surface area contributed by atoms with Crippen LogP contribution in [0, 0.1) is 0 Å². The fraction of sp³-hybridized carbons (Fsp3) is 0.318. The summed E-state index contributed by atoms with van der Waals surface area (Å²) in [6.07, 6.45) is 2.82. The van der Waals surface area contributed by atoms with Gasteiger partial charge in [0.25, 0.3) is 5.56 Å². The summed E-state index contributed by atoms with van der Waals surface area (Å²) in [4.78, 5) is 32.3. The van der Waals surface area contributed by atoms with Crippen molar-refractivity contribution in [1.29, 1.82) is 0 Å². The SMILES string of the molecule is CCCn1c(SCC(=O)N2CCCc3ccccc32)nc2ccccc2c1=O. The van der Waals surface area contributed by atoms with Crippen LogP contribution in [0.25, 0.3) is 10.9 Å². The fourth-order valence-electron chi connectivity index (χ4n) is 3.68. The van der Waals surface area contributed by atoms with Crippen LogP contribution in [0.5, 0.6) is 0 Å². The molecule has 28 heavy (non-hydrogen) atoms. The van der Waals surface area contributed by atoms with Gasteiger partial charge in [-0.25, -0.2) is 4.98 Å². The van der Waals surface area contributed by atoms with E-state index in [9.17, 15) is 9.59 Å². The summed E-state index contributed by atoms with van der Waals surface area (Å²) in [6, 6.07) is 15.5. The largest absolute Gasteiger partial charge is 0.311 e. The van der Waals surface area contributed by atoms with Crippen LogP contribution in [0.3, 0.4) is 0 Å². The molecule has 3 aromatic rings. The number of para-hydroxylation sites is 2. The van der Waals surface area contributed by atoms with Gasteiger partial charge in [-0.15, -0.1) is 0 Å². The van der Waals surface area contributed by atoms with Crippen molar-refractivity contribution in [2.75, 3.05) is 17.2 Å². The van der Waals surface area contributed by atoms with Gasteiger partial charge in [-0.2, -0.15) is 0 Å². The van der Waals surface area contributed by atoms with Crippen LogP contribution in [0.4, 0.5) is 5.69 Å². The van der Waals surface area contributed by atoms with Gasteiger partial charge in [0.05, 0.1) is 16.7 Å². The van der Waals surface area contributed by atoms with Crippen molar-refractivity contribution in [3.05, 3.63) is 64.4 Å². The van der Waals surface area contributed by atoms with Gasteiger partial charge in [0, 0.05) is 18.8 Å². The molecule has 0 aliphatic carbocycles. The summed E-state index contributed by atoms with van der Waals surface area (Å²) in [5.74, 6) is 0.325. The van der Waals surface area contributed by atoms with E-state index in [1.807, 2.05) is 48.2 Å². The number of aryl methyl sites for hydroxylation is 1. The van der Waals surface area contributed by atoms with E-state index >= 15 is 0 Å². The molecule has 0 saturated carbocycles. The molecule has 1 amide bonds. The molecule has 6 heteroatoms. The molecule has 2 aromatic carbocycles. The lowest BCUT2D eigenvalue weighted by Crippen LogP contribution is -2.36. The second kappa shape index (κ2) is 8.19. The number of carbonyl (C=O) groups excluding carboxylic acids is 1. The zero-order valence-electron chi connectivity index (χ0n) is 15.9. The summed E-state index contributed by atoms with van der Waals surface area (Å²) in [5, 5.41) is 1.24. The number of aromatic nitrogens is 2. The van der Waals surface area contributed by atoms with Crippen molar-refractivity contribution in [2.45, 2.75) is 37.9 Å². The van der Waals surface area contributed by atoms with Gasteiger partial charge in [0.2, 0.25) is 5.91 Å². The highest BCUT2D eigenvalue weighted by molar-refractivity contribution is 7.99. The van der Waals surface area contributed by atoms with Crippen molar-refractivity contribution < 1.29 is 4.79 Å². The third-order valence-electron chi connectivity index (χ3n) is 5.01. The van der Waals surface area contributed by atoms with Crippen LogP contribution in [0.2, 0.25) is 0 Å². The second-order valence-corrected chi connectivity index (χ2v) is 7.88. The first-order valence-corrected chi connectivity index (χ1v) is 10.7. The maximum atomic E-state index is 12.9. The molecule has 0 spiro atoms. The zero-order valence-corrected chi connectivity index (χ0v) is 16.7. The number of nitrogens with zero attached hydrogens (tertiary/aromatic N) is 3. The lowest BCUT2D eigenvalue weighted by molar-refractivity contribution is -0.116. The van der Waals surface area contributed by atoms with Crippen LogP contribution >= 0.6 is 11.8 Å². The summed E-state index contributed by atoms with van der Waals surface area (Å²) in [6.45, 7) is 3.37. The Labute approximate surface area is 168 Å². The minimum absolute atomic E-state index is 0.0364. The van der Waals surface area contributed by atoms with E-state index in [1.165, 1.54) is 17.3 Å². The summed E-state index contributed by atoms with van der Waals surface area (Å²) in [7, 11) is 0. The first-order chi connectivity index (χ1) is 13.7. The minimum atomic E-state index is -0.0364.